The van der Waals surface area contributed by atoms with Gasteiger partial charge in [-0.05, 0) is 24.7 Å². The Morgan fingerprint density at radius 2 is 1.90 bits per heavy atom. The second-order valence-electron chi connectivity index (χ2n) is 4.82. The number of hydrogen-bond acceptors (Lipinski definition) is 5. The molecular weight excluding hydrogens is 278 g/mol. The normalized spacial score (nSPS) is 11.6. The molecule has 1 amide bonds. The van der Waals surface area contributed by atoms with Crippen LogP contribution in [0.3, 0.4) is 0 Å². The van der Waals surface area contributed by atoms with E-state index in [0.29, 0.717) is 18.8 Å². The third-order valence-corrected chi connectivity index (χ3v) is 3.65. The fourth-order valence-electron chi connectivity index (χ4n) is 1.57. The van der Waals surface area contributed by atoms with Crippen molar-refractivity contribution in [3.05, 3.63) is 29.8 Å². The Hall–Kier alpha value is -1.44. The Labute approximate surface area is 119 Å². The Morgan fingerprint density at radius 1 is 1.30 bits per heavy atom. The zero-order chi connectivity index (χ0) is 15.2. The number of carbonyl (C=O) groups excluding carboxylic acids is 1. The zero-order valence-electron chi connectivity index (χ0n) is 11.8. The van der Waals surface area contributed by atoms with E-state index in [1.54, 1.807) is 24.1 Å². The van der Waals surface area contributed by atoms with E-state index in [2.05, 4.69) is 5.32 Å². The van der Waals surface area contributed by atoms with Crippen LogP contribution in [0.1, 0.15) is 5.56 Å². The molecule has 0 aliphatic carbocycles. The maximum absolute atomic E-state index is 11.8. The minimum Gasteiger partial charge on any atom is -0.326 e. The summed E-state index contributed by atoms with van der Waals surface area (Å²) >= 11 is 0. The molecule has 0 atom stereocenters. The largest absolute Gasteiger partial charge is 0.326 e. The van der Waals surface area contributed by atoms with Gasteiger partial charge in [0.15, 0.2) is 0 Å². The van der Waals surface area contributed by atoms with Crippen LogP contribution in [-0.4, -0.2) is 51.4 Å². The van der Waals surface area contributed by atoms with Crippen LogP contribution in [0.2, 0.25) is 0 Å². The number of carbonyl (C=O) groups is 1. The van der Waals surface area contributed by atoms with Gasteiger partial charge in [0.05, 0.1) is 12.3 Å². The molecule has 0 saturated carbocycles. The molecule has 0 spiro atoms. The molecule has 1 aromatic carbocycles. The molecule has 0 bridgehead atoms. The number of benzene rings is 1. The molecule has 0 heterocycles. The van der Waals surface area contributed by atoms with Crippen molar-refractivity contribution in [2.45, 2.75) is 6.54 Å². The van der Waals surface area contributed by atoms with Gasteiger partial charge in [0.1, 0.15) is 9.84 Å². The van der Waals surface area contributed by atoms with Crippen LogP contribution in [0.25, 0.3) is 0 Å². The highest BCUT2D eigenvalue weighted by atomic mass is 32.2. The van der Waals surface area contributed by atoms with Crippen molar-refractivity contribution in [3.8, 4) is 0 Å². The van der Waals surface area contributed by atoms with Crippen molar-refractivity contribution < 1.29 is 13.2 Å². The summed E-state index contributed by atoms with van der Waals surface area (Å²) in [5.41, 5.74) is 7.18. The van der Waals surface area contributed by atoms with Crippen molar-refractivity contribution in [1.29, 1.82) is 0 Å². The van der Waals surface area contributed by atoms with E-state index in [4.69, 9.17) is 5.73 Å². The summed E-state index contributed by atoms with van der Waals surface area (Å²) in [7, 11) is -1.30. The van der Waals surface area contributed by atoms with Gasteiger partial charge in [0, 0.05) is 25.0 Å². The van der Waals surface area contributed by atoms with Gasteiger partial charge in [-0.2, -0.15) is 0 Å². The summed E-state index contributed by atoms with van der Waals surface area (Å²) in [5, 5.41) is 2.75. The van der Waals surface area contributed by atoms with Crippen LogP contribution in [-0.2, 0) is 21.2 Å². The van der Waals surface area contributed by atoms with Gasteiger partial charge in [0.25, 0.3) is 0 Å². The van der Waals surface area contributed by atoms with Crippen LogP contribution in [0.5, 0.6) is 0 Å². The highest BCUT2D eigenvalue weighted by Crippen LogP contribution is 2.08. The van der Waals surface area contributed by atoms with Crippen LogP contribution in [0, 0.1) is 0 Å². The van der Waals surface area contributed by atoms with Crippen molar-refractivity contribution >= 4 is 21.4 Å². The lowest BCUT2D eigenvalue weighted by Gasteiger charge is -2.15. The predicted octanol–water partition coefficient (Wildman–Crippen LogP) is 0.0602. The van der Waals surface area contributed by atoms with Crippen molar-refractivity contribution in [1.82, 2.24) is 4.90 Å². The number of sulfone groups is 1. The Kier molecular flexibility index (Phi) is 6.12. The molecule has 0 aliphatic heterocycles. The molecule has 0 unspecified atom stereocenters. The second kappa shape index (κ2) is 7.37. The summed E-state index contributed by atoms with van der Waals surface area (Å²) in [6.07, 6.45) is 1.18. The average molecular weight is 299 g/mol. The van der Waals surface area contributed by atoms with Gasteiger partial charge in [-0.3, -0.25) is 9.69 Å². The number of amides is 1. The summed E-state index contributed by atoms with van der Waals surface area (Å²) in [6, 6.07) is 7.28. The van der Waals surface area contributed by atoms with E-state index in [1.165, 1.54) is 6.26 Å². The third-order valence-electron chi connectivity index (χ3n) is 2.73. The summed E-state index contributed by atoms with van der Waals surface area (Å²) in [4.78, 5) is 13.4. The van der Waals surface area contributed by atoms with Crippen LogP contribution in [0.4, 0.5) is 5.69 Å². The first kappa shape index (κ1) is 16.6. The zero-order valence-corrected chi connectivity index (χ0v) is 12.6. The maximum atomic E-state index is 11.8. The van der Waals surface area contributed by atoms with Gasteiger partial charge in [0.2, 0.25) is 5.91 Å². The monoisotopic (exact) mass is 299 g/mol. The van der Waals surface area contributed by atoms with Crippen LogP contribution >= 0.6 is 0 Å². The molecule has 1 rings (SSSR count). The number of likely N-dealkylation sites (N-methyl/N-ethyl adjacent to an activating group) is 1. The van der Waals surface area contributed by atoms with E-state index in [1.807, 2.05) is 12.1 Å². The van der Waals surface area contributed by atoms with E-state index < -0.39 is 9.84 Å². The number of nitrogens with two attached hydrogens (primary N) is 1. The molecule has 0 aliphatic rings. The van der Waals surface area contributed by atoms with Crippen molar-refractivity contribution in [2.75, 3.05) is 37.5 Å². The van der Waals surface area contributed by atoms with E-state index in [9.17, 15) is 13.2 Å². The fourth-order valence-corrected chi connectivity index (χ4v) is 2.21. The first-order valence-electron chi connectivity index (χ1n) is 6.25. The minimum atomic E-state index is -3.01. The molecule has 20 heavy (non-hydrogen) atoms. The lowest BCUT2D eigenvalue weighted by atomic mass is 10.2. The summed E-state index contributed by atoms with van der Waals surface area (Å²) < 4.78 is 22.1. The molecule has 6 nitrogen and oxygen atoms in total. The topological polar surface area (TPSA) is 92.5 Å². The first-order valence-corrected chi connectivity index (χ1v) is 8.31. The van der Waals surface area contributed by atoms with Gasteiger partial charge >= 0.3 is 0 Å². The Balaban J connectivity index is 2.42. The molecule has 0 radical (unpaired) electrons. The molecule has 0 aromatic heterocycles. The average Bonchev–Trinajstić information content (AvgIpc) is 2.36. The van der Waals surface area contributed by atoms with Gasteiger partial charge in [-0.15, -0.1) is 0 Å². The number of rotatable bonds is 7. The molecule has 112 valence electrons. The van der Waals surface area contributed by atoms with Crippen molar-refractivity contribution in [2.24, 2.45) is 5.73 Å². The first-order chi connectivity index (χ1) is 9.30. The molecule has 3 N–H and O–H groups in total. The number of nitrogens with zero attached hydrogens (tertiary/aromatic N) is 1. The summed E-state index contributed by atoms with van der Waals surface area (Å²) in [5.74, 6) is -0.136. The van der Waals surface area contributed by atoms with Crippen LogP contribution in [0.15, 0.2) is 24.3 Å². The number of hydrogen-bond donors (Lipinski definition) is 2. The highest BCUT2D eigenvalue weighted by molar-refractivity contribution is 7.90. The Morgan fingerprint density at radius 3 is 2.40 bits per heavy atom. The maximum Gasteiger partial charge on any atom is 0.238 e. The van der Waals surface area contributed by atoms with E-state index >= 15 is 0 Å². The molecule has 7 heteroatoms. The number of anilines is 1. The fraction of sp³-hybridized carbons (Fsp3) is 0.462. The standard InChI is InChI=1S/C13H21N3O3S/c1-16(7-8-20(2,18)19)10-13(17)15-12-5-3-11(9-14)4-6-12/h3-6H,7-10,14H2,1-2H3,(H,15,17). The second-order valence-corrected chi connectivity index (χ2v) is 7.08. The highest BCUT2D eigenvalue weighted by Gasteiger charge is 2.09. The predicted molar refractivity (Wildman–Crippen MR) is 80.2 cm³/mol. The summed E-state index contributed by atoms with van der Waals surface area (Å²) in [6.45, 7) is 0.939. The smallest absolute Gasteiger partial charge is 0.238 e. The molecule has 1 aromatic rings. The van der Waals surface area contributed by atoms with Crippen molar-refractivity contribution in [3.63, 3.8) is 0 Å². The third kappa shape index (κ3) is 6.65. The molecule has 0 fully saturated rings. The molecular formula is C13H21N3O3S. The van der Waals surface area contributed by atoms with E-state index in [0.717, 1.165) is 5.56 Å². The minimum absolute atomic E-state index is 0.0436. The lowest BCUT2D eigenvalue weighted by molar-refractivity contribution is -0.117. The quantitative estimate of drug-likeness (QED) is 0.743. The molecule has 0 saturated heterocycles. The Bertz CT molecular complexity index is 540. The number of nitrogens with one attached hydrogen (secondary N) is 1. The lowest BCUT2D eigenvalue weighted by Crippen LogP contribution is -2.33. The van der Waals surface area contributed by atoms with Crippen LogP contribution < -0.4 is 11.1 Å². The van der Waals surface area contributed by atoms with Gasteiger partial charge < -0.3 is 11.1 Å². The van der Waals surface area contributed by atoms with Gasteiger partial charge in [-0.1, -0.05) is 12.1 Å². The SMILES string of the molecule is CN(CCS(C)(=O)=O)CC(=O)Nc1ccc(CN)cc1. The van der Waals surface area contributed by atoms with Gasteiger partial charge in [-0.25, -0.2) is 8.42 Å². The van der Waals surface area contributed by atoms with E-state index in [-0.39, 0.29) is 18.2 Å².